The van der Waals surface area contributed by atoms with Gasteiger partial charge in [0.25, 0.3) is 5.69 Å². The molecule has 0 aliphatic heterocycles. The molecule has 0 radical (unpaired) electrons. The minimum absolute atomic E-state index is 0.106. The minimum Gasteiger partial charge on any atom is -0.372 e. The molecule has 1 N–H and O–H groups in total. The molecule has 1 unspecified atom stereocenters. The molecule has 0 aliphatic carbocycles. The molecule has 0 fully saturated rings. The van der Waals surface area contributed by atoms with Crippen molar-refractivity contribution in [3.63, 3.8) is 0 Å². The van der Waals surface area contributed by atoms with Crippen LogP contribution < -0.4 is 5.32 Å². The molecule has 6 heteroatoms. The van der Waals surface area contributed by atoms with Crippen LogP contribution in [0.2, 0.25) is 0 Å². The van der Waals surface area contributed by atoms with Crippen LogP contribution in [0.4, 0.5) is 15.8 Å². The highest BCUT2D eigenvalue weighted by Gasteiger charge is 2.17. The zero-order chi connectivity index (χ0) is 13.1. The number of nitrogens with one attached hydrogen (secondary N) is 1. The van der Waals surface area contributed by atoms with E-state index in [1.54, 1.807) is 11.3 Å². The highest BCUT2D eigenvalue weighted by atomic mass is 32.1. The summed E-state index contributed by atoms with van der Waals surface area (Å²) < 4.78 is 13.1. The first-order valence-electron chi connectivity index (χ1n) is 5.32. The fourth-order valence-electron chi connectivity index (χ4n) is 1.63. The van der Waals surface area contributed by atoms with E-state index in [9.17, 15) is 14.5 Å². The van der Waals surface area contributed by atoms with E-state index in [2.05, 4.69) is 5.32 Å². The summed E-state index contributed by atoms with van der Waals surface area (Å²) >= 11 is 1.54. The van der Waals surface area contributed by atoms with Crippen LogP contribution in [0.5, 0.6) is 0 Å². The number of halogens is 1. The fourth-order valence-corrected chi connectivity index (χ4v) is 2.36. The Morgan fingerprint density at radius 2 is 2.22 bits per heavy atom. The van der Waals surface area contributed by atoms with E-state index in [0.29, 0.717) is 0 Å². The van der Waals surface area contributed by atoms with Crippen molar-refractivity contribution in [1.29, 1.82) is 0 Å². The van der Waals surface area contributed by atoms with Gasteiger partial charge in [-0.25, -0.2) is 4.39 Å². The van der Waals surface area contributed by atoms with E-state index < -0.39 is 10.7 Å². The topological polar surface area (TPSA) is 55.2 Å². The van der Waals surface area contributed by atoms with E-state index in [1.165, 1.54) is 6.07 Å². The van der Waals surface area contributed by atoms with Crippen molar-refractivity contribution in [1.82, 2.24) is 0 Å². The molecule has 1 aromatic heterocycles. The summed E-state index contributed by atoms with van der Waals surface area (Å²) in [5, 5.41) is 15.7. The highest BCUT2D eigenvalue weighted by molar-refractivity contribution is 7.10. The lowest BCUT2D eigenvalue weighted by atomic mass is 10.2. The third-order valence-electron chi connectivity index (χ3n) is 2.50. The summed E-state index contributed by atoms with van der Waals surface area (Å²) in [6.45, 7) is 1.88. The zero-order valence-electron chi connectivity index (χ0n) is 9.59. The maximum Gasteiger partial charge on any atom is 0.292 e. The predicted octanol–water partition coefficient (Wildman–Crippen LogP) is 3.97. The van der Waals surface area contributed by atoms with Gasteiger partial charge in [0.15, 0.2) is 0 Å². The maximum absolute atomic E-state index is 13.1. The van der Waals surface area contributed by atoms with Crippen molar-refractivity contribution in [2.45, 2.75) is 13.0 Å². The van der Waals surface area contributed by atoms with Crippen molar-refractivity contribution < 1.29 is 9.31 Å². The second-order valence-electron chi connectivity index (χ2n) is 3.80. The summed E-state index contributed by atoms with van der Waals surface area (Å²) in [5.74, 6) is -0.499. The Morgan fingerprint density at radius 1 is 1.44 bits per heavy atom. The van der Waals surface area contributed by atoms with Crippen molar-refractivity contribution in [3.8, 4) is 0 Å². The summed E-state index contributed by atoms with van der Waals surface area (Å²) in [5.41, 5.74) is 0.0701. The Balaban J connectivity index is 2.28. The quantitative estimate of drug-likeness (QED) is 0.673. The second kappa shape index (κ2) is 5.14. The molecular weight excluding hydrogens is 255 g/mol. The molecule has 0 spiro atoms. The van der Waals surface area contributed by atoms with Gasteiger partial charge >= 0.3 is 0 Å². The van der Waals surface area contributed by atoms with Crippen LogP contribution in [-0.2, 0) is 0 Å². The number of nitro benzene ring substituents is 1. The Morgan fingerprint density at radius 3 is 2.83 bits per heavy atom. The van der Waals surface area contributed by atoms with Crippen molar-refractivity contribution in [2.75, 3.05) is 5.32 Å². The number of nitro groups is 1. The molecule has 1 atom stereocenters. The Kier molecular flexibility index (Phi) is 3.57. The summed E-state index contributed by atoms with van der Waals surface area (Å²) in [7, 11) is 0. The number of nitrogens with zero attached hydrogens (tertiary/aromatic N) is 1. The predicted molar refractivity (Wildman–Crippen MR) is 69.4 cm³/mol. The molecule has 1 aromatic carbocycles. The third-order valence-corrected chi connectivity index (χ3v) is 3.55. The van der Waals surface area contributed by atoms with E-state index in [0.717, 1.165) is 17.0 Å². The van der Waals surface area contributed by atoms with Gasteiger partial charge in [0.05, 0.1) is 11.0 Å². The van der Waals surface area contributed by atoms with E-state index in [-0.39, 0.29) is 17.4 Å². The molecular formula is C12H11FN2O2S. The molecule has 2 aromatic rings. The number of hydrogen-bond acceptors (Lipinski definition) is 4. The van der Waals surface area contributed by atoms with Gasteiger partial charge in [-0.2, -0.15) is 0 Å². The van der Waals surface area contributed by atoms with Gasteiger partial charge in [-0.1, -0.05) is 6.07 Å². The van der Waals surface area contributed by atoms with E-state index in [1.807, 2.05) is 24.4 Å². The number of rotatable bonds is 4. The first-order valence-corrected chi connectivity index (χ1v) is 6.20. The summed E-state index contributed by atoms with van der Waals surface area (Å²) in [4.78, 5) is 11.4. The zero-order valence-corrected chi connectivity index (χ0v) is 10.4. The van der Waals surface area contributed by atoms with Crippen LogP contribution in [-0.4, -0.2) is 4.92 Å². The van der Waals surface area contributed by atoms with Crippen LogP contribution in [0.1, 0.15) is 17.8 Å². The normalized spacial score (nSPS) is 12.1. The average Bonchev–Trinajstić information content (AvgIpc) is 2.81. The Labute approximate surface area is 107 Å². The molecule has 1 heterocycles. The summed E-state index contributed by atoms with van der Waals surface area (Å²) in [6, 6.07) is 7.11. The number of anilines is 1. The van der Waals surface area contributed by atoms with Gasteiger partial charge in [-0.3, -0.25) is 10.1 Å². The number of thiophene rings is 1. The Bertz CT molecular complexity index is 557. The highest BCUT2D eigenvalue weighted by Crippen LogP contribution is 2.30. The Hall–Kier alpha value is -1.95. The monoisotopic (exact) mass is 266 g/mol. The van der Waals surface area contributed by atoms with Gasteiger partial charge in [0, 0.05) is 17.0 Å². The summed E-state index contributed by atoms with van der Waals surface area (Å²) in [6.07, 6.45) is 0. The number of benzene rings is 1. The van der Waals surface area contributed by atoms with Crippen molar-refractivity contribution in [3.05, 3.63) is 56.5 Å². The van der Waals surface area contributed by atoms with Gasteiger partial charge in [-0.15, -0.1) is 11.3 Å². The SMILES string of the molecule is CC(Nc1cc(F)ccc1[N+](=O)[O-])c1cccs1. The van der Waals surface area contributed by atoms with Gasteiger partial charge in [0.2, 0.25) is 0 Å². The number of hydrogen-bond donors (Lipinski definition) is 1. The van der Waals surface area contributed by atoms with E-state index >= 15 is 0 Å². The van der Waals surface area contributed by atoms with E-state index in [4.69, 9.17) is 0 Å². The van der Waals surface area contributed by atoms with Crippen molar-refractivity contribution >= 4 is 22.7 Å². The molecule has 18 heavy (non-hydrogen) atoms. The van der Waals surface area contributed by atoms with Gasteiger partial charge < -0.3 is 5.32 Å². The maximum atomic E-state index is 13.1. The fraction of sp³-hybridized carbons (Fsp3) is 0.167. The smallest absolute Gasteiger partial charge is 0.292 e. The van der Waals surface area contributed by atoms with Crippen LogP contribution >= 0.6 is 11.3 Å². The van der Waals surface area contributed by atoms with Crippen LogP contribution in [0.3, 0.4) is 0 Å². The van der Waals surface area contributed by atoms with Crippen LogP contribution in [0.25, 0.3) is 0 Å². The molecule has 0 saturated heterocycles. The largest absolute Gasteiger partial charge is 0.372 e. The van der Waals surface area contributed by atoms with Crippen LogP contribution in [0, 0.1) is 15.9 Å². The standard InChI is InChI=1S/C12H11FN2O2S/c1-8(12-3-2-6-18-12)14-10-7-9(13)4-5-11(10)15(16)17/h2-8,14H,1H3. The molecule has 0 aliphatic rings. The lowest BCUT2D eigenvalue weighted by Gasteiger charge is -2.13. The molecule has 2 rings (SSSR count). The van der Waals surface area contributed by atoms with Gasteiger partial charge in [-0.05, 0) is 24.4 Å². The van der Waals surface area contributed by atoms with Crippen LogP contribution in [0.15, 0.2) is 35.7 Å². The molecule has 4 nitrogen and oxygen atoms in total. The lowest BCUT2D eigenvalue weighted by molar-refractivity contribution is -0.384. The molecule has 94 valence electrons. The molecule has 0 saturated carbocycles. The average molecular weight is 266 g/mol. The minimum atomic E-state index is -0.525. The second-order valence-corrected chi connectivity index (χ2v) is 4.78. The molecule has 0 amide bonds. The molecule has 0 bridgehead atoms. The first-order chi connectivity index (χ1) is 8.58. The lowest BCUT2D eigenvalue weighted by Crippen LogP contribution is -2.07. The van der Waals surface area contributed by atoms with Crippen molar-refractivity contribution in [2.24, 2.45) is 0 Å². The van der Waals surface area contributed by atoms with Gasteiger partial charge in [0.1, 0.15) is 11.5 Å². The third kappa shape index (κ3) is 2.65. The first kappa shape index (κ1) is 12.5.